The first-order valence-corrected chi connectivity index (χ1v) is 9.39. The van der Waals surface area contributed by atoms with Crippen molar-refractivity contribution in [3.63, 3.8) is 0 Å². The van der Waals surface area contributed by atoms with E-state index < -0.39 is 10.8 Å². The molecule has 1 aromatic carbocycles. The van der Waals surface area contributed by atoms with E-state index in [0.29, 0.717) is 5.75 Å². The summed E-state index contributed by atoms with van der Waals surface area (Å²) in [6.45, 7) is 4.06. The van der Waals surface area contributed by atoms with Gasteiger partial charge in [0.05, 0.1) is 0 Å². The summed E-state index contributed by atoms with van der Waals surface area (Å²) in [7, 11) is 0.820. The number of amides is 2. The topological polar surface area (TPSA) is 52.7 Å². The summed E-state index contributed by atoms with van der Waals surface area (Å²) < 4.78 is 11.3. The highest BCUT2D eigenvalue weighted by molar-refractivity contribution is 7.84. The average Bonchev–Trinajstić information content (AvgIpc) is 3.00. The van der Waals surface area contributed by atoms with Gasteiger partial charge < -0.3 is 15.1 Å². The molecule has 2 rings (SSSR count). The Morgan fingerprint density at radius 3 is 2.73 bits per heavy atom. The summed E-state index contributed by atoms with van der Waals surface area (Å²) in [6.07, 6.45) is 4.11. The second-order valence-corrected chi connectivity index (χ2v) is 7.35. The van der Waals surface area contributed by atoms with Crippen molar-refractivity contribution in [2.75, 3.05) is 42.4 Å². The lowest BCUT2D eigenvalue weighted by Crippen LogP contribution is -2.40. The lowest BCUT2D eigenvalue weighted by molar-refractivity contribution is 0.212. The first kappa shape index (κ1) is 16.8. The van der Waals surface area contributed by atoms with Crippen molar-refractivity contribution in [2.24, 2.45) is 0 Å². The maximum absolute atomic E-state index is 12.3. The number of benzene rings is 1. The molecule has 0 radical (unpaired) electrons. The number of nitrogens with zero attached hydrogens (tertiary/aromatic N) is 2. The Hall–Kier alpha value is -1.56. The van der Waals surface area contributed by atoms with Gasteiger partial charge in [-0.05, 0) is 38.0 Å². The van der Waals surface area contributed by atoms with E-state index in [4.69, 9.17) is 0 Å². The van der Waals surface area contributed by atoms with E-state index in [-0.39, 0.29) is 12.1 Å². The Morgan fingerprint density at radius 2 is 2.09 bits per heavy atom. The SMILES string of the molecule is C[C@H](C[S@@](C)=O)N(C)C(=O)Nc1cccc(N2CCCC2)c1. The molecule has 2 amide bonds. The summed E-state index contributed by atoms with van der Waals surface area (Å²) in [4.78, 5) is 16.2. The monoisotopic (exact) mass is 323 g/mol. The molecule has 1 N–H and O–H groups in total. The molecule has 1 aliphatic heterocycles. The number of nitrogens with one attached hydrogen (secondary N) is 1. The number of hydrogen-bond donors (Lipinski definition) is 1. The number of anilines is 2. The molecule has 1 aromatic rings. The van der Waals surface area contributed by atoms with Crippen LogP contribution in [0.25, 0.3) is 0 Å². The zero-order valence-corrected chi connectivity index (χ0v) is 14.4. The van der Waals surface area contributed by atoms with Gasteiger partial charge in [0.2, 0.25) is 0 Å². The Labute approximate surface area is 135 Å². The van der Waals surface area contributed by atoms with E-state index in [1.807, 2.05) is 25.1 Å². The minimum Gasteiger partial charge on any atom is -0.371 e. The Kier molecular flexibility index (Phi) is 5.83. The molecule has 0 aliphatic carbocycles. The van der Waals surface area contributed by atoms with Gasteiger partial charge in [-0.15, -0.1) is 0 Å². The Balaban J connectivity index is 1.99. The first-order valence-electron chi connectivity index (χ1n) is 7.66. The van der Waals surface area contributed by atoms with Gasteiger partial charge in [-0.2, -0.15) is 0 Å². The maximum Gasteiger partial charge on any atom is 0.321 e. The molecule has 122 valence electrons. The number of hydrogen-bond acceptors (Lipinski definition) is 3. The minimum atomic E-state index is -0.913. The van der Waals surface area contributed by atoms with Crippen molar-refractivity contribution in [1.82, 2.24) is 4.90 Å². The highest BCUT2D eigenvalue weighted by Crippen LogP contribution is 2.23. The molecule has 0 saturated carbocycles. The van der Waals surface area contributed by atoms with Crippen molar-refractivity contribution in [3.05, 3.63) is 24.3 Å². The van der Waals surface area contributed by atoms with Crippen LogP contribution >= 0.6 is 0 Å². The minimum absolute atomic E-state index is 0.0624. The molecule has 1 heterocycles. The van der Waals surface area contributed by atoms with Crippen molar-refractivity contribution in [1.29, 1.82) is 0 Å². The molecule has 6 heteroatoms. The second kappa shape index (κ2) is 7.63. The van der Waals surface area contributed by atoms with Crippen molar-refractivity contribution in [3.8, 4) is 0 Å². The molecule has 0 aromatic heterocycles. The third-order valence-electron chi connectivity index (χ3n) is 4.03. The molecule has 1 aliphatic rings. The van der Waals surface area contributed by atoms with Crippen LogP contribution in [0.3, 0.4) is 0 Å². The Bertz CT molecular complexity index is 544. The molecule has 1 saturated heterocycles. The average molecular weight is 323 g/mol. The zero-order valence-electron chi connectivity index (χ0n) is 13.5. The number of urea groups is 1. The largest absolute Gasteiger partial charge is 0.371 e. The van der Waals surface area contributed by atoms with E-state index in [9.17, 15) is 9.00 Å². The molecule has 0 bridgehead atoms. The van der Waals surface area contributed by atoms with E-state index in [1.54, 1.807) is 18.2 Å². The maximum atomic E-state index is 12.3. The predicted octanol–water partition coefficient (Wildman–Crippen LogP) is 2.52. The van der Waals surface area contributed by atoms with E-state index in [0.717, 1.165) is 24.5 Å². The van der Waals surface area contributed by atoms with Gasteiger partial charge in [-0.25, -0.2) is 4.79 Å². The van der Waals surface area contributed by atoms with E-state index >= 15 is 0 Å². The molecular weight excluding hydrogens is 298 g/mol. The van der Waals surface area contributed by atoms with Gasteiger partial charge in [-0.3, -0.25) is 4.21 Å². The lowest BCUT2D eigenvalue weighted by atomic mass is 10.2. The summed E-state index contributed by atoms with van der Waals surface area (Å²) in [6, 6.07) is 7.72. The van der Waals surface area contributed by atoms with Gasteiger partial charge in [-0.1, -0.05) is 6.07 Å². The molecule has 1 fully saturated rings. The molecule has 22 heavy (non-hydrogen) atoms. The van der Waals surface area contributed by atoms with Gasteiger partial charge in [0.1, 0.15) is 0 Å². The Morgan fingerprint density at radius 1 is 1.41 bits per heavy atom. The summed E-state index contributed by atoms with van der Waals surface area (Å²) in [5.41, 5.74) is 1.95. The van der Waals surface area contributed by atoms with Crippen LogP contribution in [0.5, 0.6) is 0 Å². The number of rotatable bonds is 5. The van der Waals surface area contributed by atoms with Crippen molar-refractivity contribution >= 4 is 28.2 Å². The van der Waals surface area contributed by atoms with Crippen LogP contribution in [-0.4, -0.2) is 53.3 Å². The molecule has 0 unspecified atom stereocenters. The van der Waals surface area contributed by atoms with Gasteiger partial charge >= 0.3 is 6.03 Å². The quantitative estimate of drug-likeness (QED) is 0.906. The molecule has 5 nitrogen and oxygen atoms in total. The third-order valence-corrected chi connectivity index (χ3v) is 4.98. The fourth-order valence-corrected chi connectivity index (χ4v) is 3.52. The van der Waals surface area contributed by atoms with Crippen LogP contribution in [0.4, 0.5) is 16.2 Å². The fraction of sp³-hybridized carbons (Fsp3) is 0.562. The van der Waals surface area contributed by atoms with Crippen LogP contribution in [-0.2, 0) is 10.8 Å². The zero-order chi connectivity index (χ0) is 16.1. The van der Waals surface area contributed by atoms with E-state index in [2.05, 4.69) is 16.3 Å². The smallest absolute Gasteiger partial charge is 0.321 e. The molecule has 0 spiro atoms. The first-order chi connectivity index (χ1) is 10.5. The summed E-state index contributed by atoms with van der Waals surface area (Å²) >= 11 is 0. The summed E-state index contributed by atoms with van der Waals surface area (Å²) in [5, 5.41) is 2.92. The van der Waals surface area contributed by atoms with Gasteiger partial charge in [0, 0.05) is 60.4 Å². The van der Waals surface area contributed by atoms with Crippen LogP contribution in [0.15, 0.2) is 24.3 Å². The van der Waals surface area contributed by atoms with Crippen LogP contribution < -0.4 is 10.2 Å². The van der Waals surface area contributed by atoms with Crippen molar-refractivity contribution in [2.45, 2.75) is 25.8 Å². The normalized spacial score (nSPS) is 17.1. The third kappa shape index (κ3) is 4.47. The second-order valence-electron chi connectivity index (χ2n) is 5.87. The highest BCUT2D eigenvalue weighted by atomic mass is 32.2. The van der Waals surface area contributed by atoms with E-state index in [1.165, 1.54) is 12.8 Å². The van der Waals surface area contributed by atoms with Crippen molar-refractivity contribution < 1.29 is 9.00 Å². The van der Waals surface area contributed by atoms with Crippen LogP contribution in [0.2, 0.25) is 0 Å². The predicted molar refractivity (Wildman–Crippen MR) is 93.1 cm³/mol. The van der Waals surface area contributed by atoms with Crippen LogP contribution in [0.1, 0.15) is 19.8 Å². The van der Waals surface area contributed by atoms with Gasteiger partial charge in [0.25, 0.3) is 0 Å². The molecule has 2 atom stereocenters. The van der Waals surface area contributed by atoms with Crippen LogP contribution in [0, 0.1) is 0 Å². The highest BCUT2D eigenvalue weighted by Gasteiger charge is 2.18. The lowest BCUT2D eigenvalue weighted by Gasteiger charge is -2.25. The fourth-order valence-electron chi connectivity index (χ4n) is 2.62. The number of carbonyl (C=O) groups is 1. The standard InChI is InChI=1S/C16H25N3O2S/c1-13(12-22(3)21)18(2)16(20)17-14-7-6-8-15(11-14)19-9-4-5-10-19/h6-8,11,13H,4-5,9-10,12H2,1-3H3,(H,17,20)/t13-,22-/m1/s1. The summed E-state index contributed by atoms with van der Waals surface area (Å²) in [5.74, 6) is 0.484. The van der Waals surface area contributed by atoms with Gasteiger partial charge in [0.15, 0.2) is 0 Å². The number of carbonyl (C=O) groups excluding carboxylic acids is 1. The molecular formula is C16H25N3O2S.